The monoisotopic (exact) mass is 469 g/mol. The first-order valence-electron chi connectivity index (χ1n) is 11.8. The summed E-state index contributed by atoms with van der Waals surface area (Å²) in [6, 6.07) is 12.3. The second kappa shape index (κ2) is 12.7. The number of nitrogens with zero attached hydrogens (tertiary/aromatic N) is 1. The van der Waals surface area contributed by atoms with Gasteiger partial charge in [0, 0.05) is 43.7 Å². The molecule has 34 heavy (non-hydrogen) atoms. The number of rotatable bonds is 10. The fourth-order valence-corrected chi connectivity index (χ4v) is 3.92. The molecule has 7 nitrogen and oxygen atoms in total. The van der Waals surface area contributed by atoms with Gasteiger partial charge in [0.2, 0.25) is 5.91 Å². The normalized spacial score (nSPS) is 15.5. The number of piperidine rings is 1. The van der Waals surface area contributed by atoms with Gasteiger partial charge in [0.15, 0.2) is 5.78 Å². The first-order chi connectivity index (χ1) is 16.4. The Bertz CT molecular complexity index is 980. The Morgan fingerprint density at radius 3 is 2.65 bits per heavy atom. The number of halogens is 1. The van der Waals surface area contributed by atoms with Crippen LogP contribution in [-0.2, 0) is 4.79 Å². The van der Waals surface area contributed by atoms with Crippen LogP contribution < -0.4 is 15.4 Å². The van der Waals surface area contributed by atoms with Gasteiger partial charge in [0.25, 0.3) is 0 Å². The van der Waals surface area contributed by atoms with E-state index < -0.39 is 11.8 Å². The van der Waals surface area contributed by atoms with E-state index in [0.29, 0.717) is 37.5 Å². The van der Waals surface area contributed by atoms with Gasteiger partial charge in [-0.25, -0.2) is 9.18 Å². The number of hydrogen-bond acceptors (Lipinski definition) is 4. The van der Waals surface area contributed by atoms with E-state index >= 15 is 0 Å². The number of ketones is 1. The van der Waals surface area contributed by atoms with Crippen molar-refractivity contribution in [2.24, 2.45) is 5.92 Å². The number of nitrogens with one attached hydrogen (secondary N) is 2. The van der Waals surface area contributed by atoms with Crippen LogP contribution >= 0.6 is 0 Å². The first-order valence-corrected chi connectivity index (χ1v) is 11.8. The summed E-state index contributed by atoms with van der Waals surface area (Å²) >= 11 is 0. The molecule has 0 spiro atoms. The predicted molar refractivity (Wildman–Crippen MR) is 129 cm³/mol. The lowest BCUT2D eigenvalue weighted by atomic mass is 9.97. The summed E-state index contributed by atoms with van der Waals surface area (Å²) in [7, 11) is 0. The Morgan fingerprint density at radius 2 is 1.91 bits per heavy atom. The molecule has 0 bridgehead atoms. The van der Waals surface area contributed by atoms with E-state index in [1.54, 1.807) is 35.2 Å². The van der Waals surface area contributed by atoms with Crippen molar-refractivity contribution in [1.82, 2.24) is 10.2 Å². The minimum atomic E-state index is -0.421. The zero-order valence-corrected chi connectivity index (χ0v) is 19.5. The number of Topliss-reactive ketones (excluding diaryl/α,β-unsaturated/α-hetero) is 1. The van der Waals surface area contributed by atoms with Crippen molar-refractivity contribution in [2.45, 2.75) is 39.0 Å². The molecule has 182 valence electrons. The van der Waals surface area contributed by atoms with Gasteiger partial charge in [-0.05, 0) is 67.6 Å². The van der Waals surface area contributed by atoms with Crippen LogP contribution in [0.2, 0.25) is 0 Å². The summed E-state index contributed by atoms with van der Waals surface area (Å²) in [6.07, 6.45) is 2.97. The van der Waals surface area contributed by atoms with Crippen molar-refractivity contribution < 1.29 is 23.5 Å². The molecule has 1 unspecified atom stereocenters. The van der Waals surface area contributed by atoms with Gasteiger partial charge in [0.05, 0.1) is 6.61 Å². The molecule has 1 saturated heterocycles. The summed E-state index contributed by atoms with van der Waals surface area (Å²) in [5, 5.41) is 5.40. The van der Waals surface area contributed by atoms with Gasteiger partial charge >= 0.3 is 6.03 Å². The number of anilines is 1. The van der Waals surface area contributed by atoms with Crippen LogP contribution in [0.25, 0.3) is 0 Å². The Hall–Kier alpha value is -3.42. The van der Waals surface area contributed by atoms with E-state index in [-0.39, 0.29) is 30.4 Å². The van der Waals surface area contributed by atoms with Crippen LogP contribution in [-0.4, -0.2) is 48.9 Å². The smallest absolute Gasteiger partial charge is 0.319 e. The standard InChI is InChI=1S/C26H32FN3O4/c1-2-15-34-23-10-8-20(9-11-23)24(31)12-13-25(32)30-14-4-5-19(18-30)17-28-26(33)29-22-7-3-6-21(27)16-22/h3,6-11,16,19H,2,4-5,12-15,17-18H2,1H3,(H2,28,29,33). The van der Waals surface area contributed by atoms with E-state index in [0.717, 1.165) is 25.0 Å². The van der Waals surface area contributed by atoms with Crippen LogP contribution in [0.4, 0.5) is 14.9 Å². The number of hydrogen-bond donors (Lipinski definition) is 2. The van der Waals surface area contributed by atoms with Crippen LogP contribution in [0.5, 0.6) is 5.75 Å². The molecule has 2 aromatic carbocycles. The number of amides is 3. The van der Waals surface area contributed by atoms with Gasteiger partial charge in [-0.15, -0.1) is 0 Å². The highest BCUT2D eigenvalue weighted by atomic mass is 19.1. The van der Waals surface area contributed by atoms with E-state index in [1.807, 2.05) is 6.92 Å². The first kappa shape index (κ1) is 25.2. The van der Waals surface area contributed by atoms with E-state index in [4.69, 9.17) is 4.74 Å². The zero-order valence-electron chi connectivity index (χ0n) is 19.5. The Morgan fingerprint density at radius 1 is 1.12 bits per heavy atom. The lowest BCUT2D eigenvalue weighted by Gasteiger charge is -2.33. The highest BCUT2D eigenvalue weighted by Gasteiger charge is 2.24. The predicted octanol–water partition coefficient (Wildman–Crippen LogP) is 4.64. The van der Waals surface area contributed by atoms with Crippen molar-refractivity contribution in [3.05, 3.63) is 59.9 Å². The van der Waals surface area contributed by atoms with Crippen LogP contribution in [0.3, 0.4) is 0 Å². The van der Waals surface area contributed by atoms with Crippen LogP contribution in [0.1, 0.15) is 49.4 Å². The summed E-state index contributed by atoms with van der Waals surface area (Å²) in [6.45, 7) is 4.27. The van der Waals surface area contributed by atoms with Crippen molar-refractivity contribution in [2.75, 3.05) is 31.6 Å². The molecule has 1 heterocycles. The number of carbonyl (C=O) groups is 3. The van der Waals surface area contributed by atoms with Crippen LogP contribution in [0, 0.1) is 11.7 Å². The van der Waals surface area contributed by atoms with Crippen molar-refractivity contribution in [3.8, 4) is 5.75 Å². The summed E-state index contributed by atoms with van der Waals surface area (Å²) in [5.41, 5.74) is 0.951. The number of benzene rings is 2. The minimum absolute atomic E-state index is 0.0508. The molecule has 1 fully saturated rings. The lowest BCUT2D eigenvalue weighted by Crippen LogP contribution is -2.44. The number of likely N-dealkylation sites (tertiary alicyclic amines) is 1. The second-order valence-corrected chi connectivity index (χ2v) is 8.49. The molecule has 8 heteroatoms. The Labute approximate surface area is 199 Å². The van der Waals surface area contributed by atoms with Gasteiger partial charge in [0.1, 0.15) is 11.6 Å². The quantitative estimate of drug-likeness (QED) is 0.497. The van der Waals surface area contributed by atoms with E-state index in [9.17, 15) is 18.8 Å². The summed E-state index contributed by atoms with van der Waals surface area (Å²) < 4.78 is 18.8. The number of carbonyl (C=O) groups excluding carboxylic acids is 3. The molecule has 3 amide bonds. The SMILES string of the molecule is CCCOc1ccc(C(=O)CCC(=O)N2CCCC(CNC(=O)Nc3cccc(F)c3)C2)cc1. The molecule has 1 aliphatic rings. The van der Waals surface area contributed by atoms with Crippen molar-refractivity contribution in [1.29, 1.82) is 0 Å². The molecule has 3 rings (SSSR count). The summed E-state index contributed by atoms with van der Waals surface area (Å²) in [4.78, 5) is 39.0. The van der Waals surface area contributed by atoms with Gasteiger partial charge in [-0.1, -0.05) is 13.0 Å². The summed E-state index contributed by atoms with van der Waals surface area (Å²) in [5.74, 6) is 0.315. The average molecular weight is 470 g/mol. The molecular formula is C26H32FN3O4. The molecule has 0 aliphatic carbocycles. The van der Waals surface area contributed by atoms with Gasteiger partial charge < -0.3 is 20.3 Å². The molecule has 1 aliphatic heterocycles. The molecule has 0 radical (unpaired) electrons. The Balaban J connectivity index is 1.40. The molecule has 1 atom stereocenters. The zero-order chi connectivity index (χ0) is 24.3. The fourth-order valence-electron chi connectivity index (χ4n) is 3.92. The lowest BCUT2D eigenvalue weighted by molar-refractivity contribution is -0.132. The average Bonchev–Trinajstić information content (AvgIpc) is 2.85. The maximum absolute atomic E-state index is 13.2. The molecular weight excluding hydrogens is 437 g/mol. The topological polar surface area (TPSA) is 87.7 Å². The molecule has 0 aromatic heterocycles. The minimum Gasteiger partial charge on any atom is -0.494 e. The van der Waals surface area contributed by atoms with Crippen molar-refractivity contribution >= 4 is 23.4 Å². The highest BCUT2D eigenvalue weighted by Crippen LogP contribution is 2.19. The van der Waals surface area contributed by atoms with Crippen LogP contribution in [0.15, 0.2) is 48.5 Å². The Kier molecular flexibility index (Phi) is 9.43. The van der Waals surface area contributed by atoms with Gasteiger partial charge in [-0.3, -0.25) is 9.59 Å². The third-order valence-corrected chi connectivity index (χ3v) is 5.72. The fraction of sp³-hybridized carbons (Fsp3) is 0.423. The third kappa shape index (κ3) is 7.86. The van der Waals surface area contributed by atoms with Gasteiger partial charge in [-0.2, -0.15) is 0 Å². The van der Waals surface area contributed by atoms with Crippen molar-refractivity contribution in [3.63, 3.8) is 0 Å². The number of ether oxygens (including phenoxy) is 1. The highest BCUT2D eigenvalue weighted by molar-refractivity contribution is 5.98. The number of urea groups is 1. The maximum atomic E-state index is 13.2. The maximum Gasteiger partial charge on any atom is 0.319 e. The van der Waals surface area contributed by atoms with E-state index in [2.05, 4.69) is 10.6 Å². The van der Waals surface area contributed by atoms with E-state index in [1.165, 1.54) is 18.2 Å². The molecule has 0 saturated carbocycles. The largest absolute Gasteiger partial charge is 0.494 e. The molecule has 2 N–H and O–H groups in total. The second-order valence-electron chi connectivity index (χ2n) is 8.49. The third-order valence-electron chi connectivity index (χ3n) is 5.72. The molecule has 2 aromatic rings.